The van der Waals surface area contributed by atoms with E-state index in [1.165, 1.54) is 11.3 Å². The van der Waals surface area contributed by atoms with Crippen molar-refractivity contribution in [2.24, 2.45) is 0 Å². The maximum Gasteiger partial charge on any atom is 0.248 e. The Bertz CT molecular complexity index is 312. The van der Waals surface area contributed by atoms with Crippen molar-refractivity contribution in [2.75, 3.05) is 5.73 Å². The summed E-state index contributed by atoms with van der Waals surface area (Å²) in [5.74, 6) is -2.67. The van der Waals surface area contributed by atoms with Gasteiger partial charge in [0.2, 0.25) is 11.1 Å². The quantitative estimate of drug-likeness (QED) is 0.763. The maximum atomic E-state index is 12.8. The fraction of sp³-hybridized carbons (Fsp3) is 0.714. The van der Waals surface area contributed by atoms with Gasteiger partial charge in [-0.15, -0.1) is 10.2 Å². The van der Waals surface area contributed by atoms with Crippen LogP contribution in [0.5, 0.6) is 0 Å². The molecular formula is C7H9F2N3S. The second-order valence-corrected chi connectivity index (χ2v) is 4.31. The van der Waals surface area contributed by atoms with Gasteiger partial charge in [-0.1, -0.05) is 11.3 Å². The molecule has 0 saturated heterocycles. The third-order valence-corrected chi connectivity index (χ3v) is 3.12. The van der Waals surface area contributed by atoms with Crippen molar-refractivity contribution in [3.8, 4) is 0 Å². The molecule has 0 bridgehead atoms. The molecule has 0 aromatic carbocycles. The van der Waals surface area contributed by atoms with E-state index in [-0.39, 0.29) is 18.8 Å². The summed E-state index contributed by atoms with van der Waals surface area (Å²) in [6.45, 7) is 0. The number of nitrogen functional groups attached to an aromatic ring is 1. The Morgan fingerprint density at radius 2 is 2.23 bits per heavy atom. The number of anilines is 1. The summed E-state index contributed by atoms with van der Waals surface area (Å²) < 4.78 is 25.6. The normalized spacial score (nSPS) is 26.5. The van der Waals surface area contributed by atoms with Crippen molar-refractivity contribution in [1.82, 2.24) is 10.2 Å². The number of alkyl halides is 2. The summed E-state index contributed by atoms with van der Waals surface area (Å²) in [6.07, 6.45) is 0.334. The number of nitrogens with two attached hydrogens (primary N) is 1. The molecule has 1 saturated carbocycles. The molecule has 3 nitrogen and oxygen atoms in total. The molecule has 6 heteroatoms. The van der Waals surface area contributed by atoms with E-state index in [2.05, 4.69) is 10.2 Å². The van der Waals surface area contributed by atoms with Gasteiger partial charge in [0, 0.05) is 18.8 Å². The second-order valence-electron chi connectivity index (χ2n) is 3.27. The lowest BCUT2D eigenvalue weighted by atomic mass is 10.1. The molecule has 1 atom stereocenters. The summed E-state index contributed by atoms with van der Waals surface area (Å²) in [6, 6.07) is 0. The van der Waals surface area contributed by atoms with Crippen molar-refractivity contribution >= 4 is 16.5 Å². The number of halogens is 2. The van der Waals surface area contributed by atoms with Crippen LogP contribution in [0.2, 0.25) is 0 Å². The zero-order valence-electron chi connectivity index (χ0n) is 6.83. The third-order valence-electron chi connectivity index (χ3n) is 2.21. The van der Waals surface area contributed by atoms with Gasteiger partial charge in [-0.3, -0.25) is 0 Å². The number of hydrogen-bond acceptors (Lipinski definition) is 4. The van der Waals surface area contributed by atoms with Crippen LogP contribution in [0.3, 0.4) is 0 Å². The minimum absolute atomic E-state index is 0.0445. The fourth-order valence-electron chi connectivity index (χ4n) is 1.57. The molecule has 1 aromatic heterocycles. The lowest BCUT2D eigenvalue weighted by Crippen LogP contribution is -2.08. The Labute approximate surface area is 78.0 Å². The molecule has 2 rings (SSSR count). The first-order valence-corrected chi connectivity index (χ1v) is 4.85. The highest BCUT2D eigenvalue weighted by molar-refractivity contribution is 7.15. The van der Waals surface area contributed by atoms with Crippen molar-refractivity contribution in [3.63, 3.8) is 0 Å². The molecule has 13 heavy (non-hydrogen) atoms. The average molecular weight is 205 g/mol. The maximum absolute atomic E-state index is 12.8. The molecule has 1 aromatic rings. The molecule has 0 aliphatic heterocycles. The van der Waals surface area contributed by atoms with E-state index in [0.29, 0.717) is 16.6 Å². The van der Waals surface area contributed by atoms with E-state index < -0.39 is 5.92 Å². The van der Waals surface area contributed by atoms with Crippen LogP contribution >= 0.6 is 11.3 Å². The summed E-state index contributed by atoms with van der Waals surface area (Å²) >= 11 is 1.21. The van der Waals surface area contributed by atoms with Crippen LogP contribution in [0.4, 0.5) is 13.9 Å². The first-order valence-electron chi connectivity index (χ1n) is 4.03. The molecule has 0 radical (unpaired) electrons. The van der Waals surface area contributed by atoms with Crippen molar-refractivity contribution in [1.29, 1.82) is 0 Å². The van der Waals surface area contributed by atoms with Gasteiger partial charge in [0.25, 0.3) is 0 Å². The van der Waals surface area contributed by atoms with Gasteiger partial charge in [-0.25, -0.2) is 8.78 Å². The fourth-order valence-corrected chi connectivity index (χ4v) is 2.32. The monoisotopic (exact) mass is 205 g/mol. The van der Waals surface area contributed by atoms with Crippen LogP contribution in [0, 0.1) is 0 Å². The first-order chi connectivity index (χ1) is 6.07. The second kappa shape index (κ2) is 2.87. The van der Waals surface area contributed by atoms with E-state index in [9.17, 15) is 8.78 Å². The minimum atomic E-state index is -2.52. The molecular weight excluding hydrogens is 196 g/mol. The molecule has 0 spiro atoms. The Balaban J connectivity index is 2.12. The van der Waals surface area contributed by atoms with E-state index in [0.717, 1.165) is 0 Å². The van der Waals surface area contributed by atoms with Gasteiger partial charge in [0.1, 0.15) is 5.01 Å². The SMILES string of the molecule is Nc1nnc(C2CCC(F)(F)C2)s1. The van der Waals surface area contributed by atoms with Gasteiger partial charge in [0.15, 0.2) is 0 Å². The number of nitrogens with zero attached hydrogens (tertiary/aromatic N) is 2. The summed E-state index contributed by atoms with van der Waals surface area (Å²) in [7, 11) is 0. The highest BCUT2D eigenvalue weighted by Gasteiger charge is 2.41. The van der Waals surface area contributed by atoms with Gasteiger partial charge < -0.3 is 5.73 Å². The molecule has 1 unspecified atom stereocenters. The Morgan fingerprint density at radius 1 is 1.46 bits per heavy atom. The van der Waals surface area contributed by atoms with Gasteiger partial charge in [-0.05, 0) is 6.42 Å². The Morgan fingerprint density at radius 3 is 2.69 bits per heavy atom. The largest absolute Gasteiger partial charge is 0.374 e. The highest BCUT2D eigenvalue weighted by Crippen LogP contribution is 2.44. The topological polar surface area (TPSA) is 51.8 Å². The number of hydrogen-bond donors (Lipinski definition) is 1. The predicted molar refractivity (Wildman–Crippen MR) is 45.9 cm³/mol. The standard InChI is InChI=1S/C7H9F2N3S/c8-7(9)2-1-4(3-7)5-11-12-6(10)13-5/h4H,1-3H2,(H2,10,12). The van der Waals surface area contributed by atoms with E-state index in [1.54, 1.807) is 0 Å². The van der Waals surface area contributed by atoms with Crippen LogP contribution in [0.15, 0.2) is 0 Å². The van der Waals surface area contributed by atoms with Crippen LogP contribution in [-0.4, -0.2) is 16.1 Å². The van der Waals surface area contributed by atoms with E-state index >= 15 is 0 Å². The predicted octanol–water partition coefficient (Wildman–Crippen LogP) is 2.02. The molecule has 2 N–H and O–H groups in total. The molecule has 72 valence electrons. The molecule has 1 heterocycles. The van der Waals surface area contributed by atoms with E-state index in [4.69, 9.17) is 5.73 Å². The number of rotatable bonds is 1. The van der Waals surface area contributed by atoms with Crippen molar-refractivity contribution in [3.05, 3.63) is 5.01 Å². The number of aromatic nitrogens is 2. The third kappa shape index (κ3) is 1.77. The Hall–Kier alpha value is -0.780. The molecule has 1 fully saturated rings. The van der Waals surface area contributed by atoms with E-state index in [1.807, 2.05) is 0 Å². The van der Waals surface area contributed by atoms with Crippen molar-refractivity contribution < 1.29 is 8.78 Å². The molecule has 0 amide bonds. The highest BCUT2D eigenvalue weighted by atomic mass is 32.1. The molecule has 1 aliphatic rings. The lowest BCUT2D eigenvalue weighted by Gasteiger charge is -2.06. The van der Waals surface area contributed by atoms with Gasteiger partial charge in [0.05, 0.1) is 0 Å². The van der Waals surface area contributed by atoms with Gasteiger partial charge >= 0.3 is 0 Å². The first kappa shape index (κ1) is 8.80. The van der Waals surface area contributed by atoms with Gasteiger partial charge in [-0.2, -0.15) is 0 Å². The zero-order chi connectivity index (χ0) is 9.47. The van der Waals surface area contributed by atoms with Crippen molar-refractivity contribution in [2.45, 2.75) is 31.1 Å². The summed E-state index contributed by atoms with van der Waals surface area (Å²) in [5.41, 5.74) is 5.37. The Kier molecular flexibility index (Phi) is 1.94. The van der Waals surface area contributed by atoms with Crippen LogP contribution in [0.25, 0.3) is 0 Å². The average Bonchev–Trinajstić information content (AvgIpc) is 2.56. The smallest absolute Gasteiger partial charge is 0.248 e. The lowest BCUT2D eigenvalue weighted by molar-refractivity contribution is 0.00775. The van der Waals surface area contributed by atoms with Crippen LogP contribution in [-0.2, 0) is 0 Å². The molecule has 1 aliphatic carbocycles. The summed E-state index contributed by atoms with van der Waals surface area (Å²) in [4.78, 5) is 0. The van der Waals surface area contributed by atoms with Crippen LogP contribution < -0.4 is 5.73 Å². The van der Waals surface area contributed by atoms with Crippen LogP contribution in [0.1, 0.15) is 30.2 Å². The minimum Gasteiger partial charge on any atom is -0.374 e. The summed E-state index contributed by atoms with van der Waals surface area (Å²) in [5, 5.41) is 8.38. The zero-order valence-corrected chi connectivity index (χ0v) is 7.65.